The molecule has 0 spiro atoms. The summed E-state index contributed by atoms with van der Waals surface area (Å²) in [5.41, 5.74) is 3.35. The Labute approximate surface area is 232 Å². The fourth-order valence-corrected chi connectivity index (χ4v) is 12.1. The van der Waals surface area contributed by atoms with E-state index in [9.17, 15) is 0 Å². The largest absolute Gasteiger partial charge is 0.457 e. The molecule has 0 amide bonds. The molecular weight excluding hydrogens is 506 g/mol. The zero-order valence-corrected chi connectivity index (χ0v) is 22.5. The zero-order valence-electron chi connectivity index (χ0n) is 21.5. The van der Waals surface area contributed by atoms with E-state index in [1.807, 2.05) is 0 Å². The molecule has 2 aliphatic rings. The Kier molecular flexibility index (Phi) is 4.35. The molecule has 2 aliphatic heterocycles. The second-order valence-corrected chi connectivity index (χ2v) is 14.2. The molecule has 0 aliphatic carbocycles. The molecule has 0 fully saturated rings. The minimum atomic E-state index is -2.73. The SMILES string of the molecule is c1ccc([Si]23c4ccccc4Oc4cc(-n5c6ccccc6c6ccccc65)cc(c42)Oc2ccccc23)cc1. The Balaban J connectivity index is 1.43. The lowest BCUT2D eigenvalue weighted by molar-refractivity contribution is 0.463. The number of para-hydroxylation sites is 4. The predicted octanol–water partition coefficient (Wildman–Crippen LogP) is 6.37. The quantitative estimate of drug-likeness (QED) is 0.243. The van der Waals surface area contributed by atoms with Gasteiger partial charge in [0.25, 0.3) is 0 Å². The molecule has 7 aromatic rings. The van der Waals surface area contributed by atoms with Gasteiger partial charge < -0.3 is 14.0 Å². The van der Waals surface area contributed by atoms with Gasteiger partial charge in [-0.2, -0.15) is 0 Å². The summed E-state index contributed by atoms with van der Waals surface area (Å²) in [4.78, 5) is 0. The van der Waals surface area contributed by atoms with E-state index in [1.165, 1.54) is 31.5 Å². The number of benzene rings is 6. The van der Waals surface area contributed by atoms with Gasteiger partial charge in [0.2, 0.25) is 0 Å². The van der Waals surface area contributed by atoms with Crippen LogP contribution in [-0.2, 0) is 0 Å². The average Bonchev–Trinajstić information content (AvgIpc) is 3.35. The van der Waals surface area contributed by atoms with E-state index in [-0.39, 0.29) is 0 Å². The second kappa shape index (κ2) is 7.98. The van der Waals surface area contributed by atoms with Crippen molar-refractivity contribution < 1.29 is 9.47 Å². The number of aromatic nitrogens is 1. The summed E-state index contributed by atoms with van der Waals surface area (Å²) in [6.45, 7) is 0. The first-order chi connectivity index (χ1) is 19.8. The van der Waals surface area contributed by atoms with Gasteiger partial charge in [-0.15, -0.1) is 0 Å². The lowest BCUT2D eigenvalue weighted by Crippen LogP contribution is -2.77. The fourth-order valence-electron chi connectivity index (χ4n) is 6.96. The van der Waals surface area contributed by atoms with E-state index in [0.717, 1.165) is 39.7 Å². The van der Waals surface area contributed by atoms with Crippen LogP contribution in [0.5, 0.6) is 23.0 Å². The van der Waals surface area contributed by atoms with Crippen molar-refractivity contribution in [3.05, 3.63) is 140 Å². The Morgan fingerprint density at radius 2 is 0.925 bits per heavy atom. The molecule has 9 rings (SSSR count). The van der Waals surface area contributed by atoms with Gasteiger partial charge in [0.1, 0.15) is 23.0 Å². The van der Waals surface area contributed by atoms with E-state index in [0.29, 0.717) is 0 Å². The summed E-state index contributed by atoms with van der Waals surface area (Å²) in [5.74, 6) is 3.59. The first-order valence-corrected chi connectivity index (χ1v) is 15.6. The molecule has 0 bridgehead atoms. The first kappa shape index (κ1) is 21.8. The van der Waals surface area contributed by atoms with Crippen LogP contribution in [0.4, 0.5) is 0 Å². The predicted molar refractivity (Wildman–Crippen MR) is 165 cm³/mol. The van der Waals surface area contributed by atoms with Crippen molar-refractivity contribution in [1.82, 2.24) is 4.57 Å². The summed E-state index contributed by atoms with van der Waals surface area (Å²) in [6.07, 6.45) is 0. The van der Waals surface area contributed by atoms with Gasteiger partial charge in [-0.3, -0.25) is 0 Å². The third kappa shape index (κ3) is 2.73. The van der Waals surface area contributed by atoms with Gasteiger partial charge in [0, 0.05) is 28.1 Å². The van der Waals surface area contributed by atoms with Gasteiger partial charge in [0.15, 0.2) is 8.07 Å². The van der Waals surface area contributed by atoms with Crippen molar-refractivity contribution in [2.75, 3.05) is 0 Å². The Hall–Kier alpha value is -5.06. The van der Waals surface area contributed by atoms with Gasteiger partial charge in [-0.25, -0.2) is 0 Å². The highest BCUT2D eigenvalue weighted by molar-refractivity contribution is 7.21. The number of hydrogen-bond acceptors (Lipinski definition) is 2. The molecule has 1 aromatic heterocycles. The molecule has 0 N–H and O–H groups in total. The van der Waals surface area contributed by atoms with E-state index in [2.05, 4.69) is 144 Å². The first-order valence-electron chi connectivity index (χ1n) is 13.6. The highest BCUT2D eigenvalue weighted by Gasteiger charge is 2.53. The van der Waals surface area contributed by atoms with Crippen molar-refractivity contribution in [2.45, 2.75) is 0 Å². The number of ether oxygens (including phenoxy) is 2. The van der Waals surface area contributed by atoms with Crippen LogP contribution in [0, 0.1) is 0 Å². The summed E-state index contributed by atoms with van der Waals surface area (Å²) in [5, 5.41) is 7.49. The van der Waals surface area contributed by atoms with Crippen molar-refractivity contribution in [2.24, 2.45) is 0 Å². The Bertz CT molecular complexity index is 2010. The zero-order chi connectivity index (χ0) is 26.3. The summed E-state index contributed by atoms with van der Waals surface area (Å²) in [6, 6.07) is 49.7. The fraction of sp³-hybridized carbons (Fsp3) is 0. The van der Waals surface area contributed by atoms with E-state index < -0.39 is 8.07 Å². The van der Waals surface area contributed by atoms with E-state index >= 15 is 0 Å². The van der Waals surface area contributed by atoms with Crippen LogP contribution in [0.2, 0.25) is 0 Å². The van der Waals surface area contributed by atoms with Crippen LogP contribution in [0.1, 0.15) is 0 Å². The van der Waals surface area contributed by atoms with E-state index in [1.54, 1.807) is 0 Å². The molecule has 0 saturated carbocycles. The van der Waals surface area contributed by atoms with Crippen LogP contribution in [-0.4, -0.2) is 12.6 Å². The summed E-state index contributed by atoms with van der Waals surface area (Å²) < 4.78 is 15.9. The normalized spacial score (nSPS) is 14.1. The number of nitrogens with zero attached hydrogens (tertiary/aromatic N) is 1. The molecule has 4 heteroatoms. The highest BCUT2D eigenvalue weighted by atomic mass is 28.3. The van der Waals surface area contributed by atoms with Crippen LogP contribution >= 0.6 is 0 Å². The Morgan fingerprint density at radius 1 is 0.450 bits per heavy atom. The number of hydrogen-bond donors (Lipinski definition) is 0. The topological polar surface area (TPSA) is 23.4 Å². The maximum atomic E-state index is 6.79. The third-order valence-electron chi connectivity index (χ3n) is 8.49. The van der Waals surface area contributed by atoms with Crippen molar-refractivity contribution in [3.8, 4) is 28.7 Å². The van der Waals surface area contributed by atoms with Crippen molar-refractivity contribution >= 4 is 50.6 Å². The van der Waals surface area contributed by atoms with Gasteiger partial charge in [0.05, 0.1) is 16.7 Å². The van der Waals surface area contributed by atoms with Crippen LogP contribution in [0.3, 0.4) is 0 Å². The summed E-state index contributed by atoms with van der Waals surface area (Å²) in [7, 11) is -2.73. The standard InChI is InChI=1S/C36H23NO2Si/c1-2-12-25(13-3-1)40-34-20-10-8-18-30(34)38-32-22-24(23-33(36(32)40)39-31-19-9-11-21-35(31)40)37-28-16-6-4-14-26(28)27-15-5-7-17-29(27)37/h1-23H. The molecule has 0 radical (unpaired) electrons. The average molecular weight is 530 g/mol. The van der Waals surface area contributed by atoms with Crippen LogP contribution < -0.4 is 30.2 Å². The van der Waals surface area contributed by atoms with Gasteiger partial charge in [-0.1, -0.05) is 103 Å². The molecule has 0 unspecified atom stereocenters. The van der Waals surface area contributed by atoms with Crippen molar-refractivity contribution in [3.63, 3.8) is 0 Å². The minimum absolute atomic E-state index is 0.873. The molecule has 3 nitrogen and oxygen atoms in total. The van der Waals surface area contributed by atoms with E-state index in [4.69, 9.17) is 9.47 Å². The monoisotopic (exact) mass is 529 g/mol. The lowest BCUT2D eigenvalue weighted by atomic mass is 10.2. The number of rotatable bonds is 2. The molecule has 3 heterocycles. The molecule has 188 valence electrons. The number of fused-ring (bicyclic) bond motifs is 7. The van der Waals surface area contributed by atoms with Crippen molar-refractivity contribution in [1.29, 1.82) is 0 Å². The molecule has 0 saturated heterocycles. The summed E-state index contributed by atoms with van der Waals surface area (Å²) >= 11 is 0. The maximum absolute atomic E-state index is 6.79. The lowest BCUT2D eigenvalue weighted by Gasteiger charge is -2.43. The van der Waals surface area contributed by atoms with Gasteiger partial charge >= 0.3 is 0 Å². The van der Waals surface area contributed by atoms with Crippen LogP contribution in [0.25, 0.3) is 27.5 Å². The minimum Gasteiger partial charge on any atom is -0.457 e. The molecule has 6 aromatic carbocycles. The maximum Gasteiger partial charge on any atom is 0.197 e. The molecular formula is C36H23NO2Si. The second-order valence-electron chi connectivity index (χ2n) is 10.5. The Morgan fingerprint density at radius 3 is 1.50 bits per heavy atom. The smallest absolute Gasteiger partial charge is 0.197 e. The highest BCUT2D eigenvalue weighted by Crippen LogP contribution is 2.41. The molecule has 40 heavy (non-hydrogen) atoms. The molecule has 0 atom stereocenters. The third-order valence-corrected chi connectivity index (χ3v) is 13.4. The van der Waals surface area contributed by atoms with Gasteiger partial charge in [-0.05, 0) is 39.8 Å². The van der Waals surface area contributed by atoms with Crippen LogP contribution in [0.15, 0.2) is 140 Å².